The fraction of sp³-hybridized carbons (Fsp3) is 0.333. The molecule has 7 nitrogen and oxygen atoms in total. The first-order valence-electron chi connectivity index (χ1n) is 13.4. The summed E-state index contributed by atoms with van der Waals surface area (Å²) in [5.74, 6) is 0.528. The third-order valence-corrected chi connectivity index (χ3v) is 7.22. The second-order valence-corrected chi connectivity index (χ2v) is 9.95. The first-order chi connectivity index (χ1) is 18.6. The summed E-state index contributed by atoms with van der Waals surface area (Å²) >= 11 is 0. The molecule has 0 spiro atoms. The molecule has 1 fully saturated rings. The van der Waals surface area contributed by atoms with Crippen molar-refractivity contribution < 1.29 is 9.18 Å². The Labute approximate surface area is 222 Å². The van der Waals surface area contributed by atoms with Gasteiger partial charge in [0.25, 0.3) is 5.91 Å². The highest BCUT2D eigenvalue weighted by atomic mass is 19.1. The van der Waals surface area contributed by atoms with E-state index in [1.165, 1.54) is 12.1 Å². The van der Waals surface area contributed by atoms with Crippen molar-refractivity contribution in [3.63, 3.8) is 0 Å². The lowest BCUT2D eigenvalue weighted by molar-refractivity contribution is 0.0953. The number of para-hydroxylation sites is 3. The predicted molar refractivity (Wildman–Crippen MR) is 151 cm³/mol. The molecular formula is C30H35FN6O. The van der Waals surface area contributed by atoms with Crippen molar-refractivity contribution in [1.29, 1.82) is 0 Å². The summed E-state index contributed by atoms with van der Waals surface area (Å²) in [5, 5.41) is 6.67. The molecule has 0 saturated carbocycles. The van der Waals surface area contributed by atoms with E-state index >= 15 is 0 Å². The van der Waals surface area contributed by atoms with Crippen molar-refractivity contribution in [2.24, 2.45) is 0 Å². The molecule has 38 heavy (non-hydrogen) atoms. The maximum Gasteiger partial charge on any atom is 0.253 e. The van der Waals surface area contributed by atoms with Gasteiger partial charge in [0.15, 0.2) is 0 Å². The van der Waals surface area contributed by atoms with E-state index in [0.717, 1.165) is 67.9 Å². The van der Waals surface area contributed by atoms with Gasteiger partial charge in [0, 0.05) is 31.4 Å². The third kappa shape index (κ3) is 6.31. The Kier molecular flexibility index (Phi) is 8.19. The van der Waals surface area contributed by atoms with Crippen LogP contribution in [0, 0.1) is 5.82 Å². The summed E-state index contributed by atoms with van der Waals surface area (Å²) in [4.78, 5) is 19.7. The molecule has 0 unspecified atom stereocenters. The number of rotatable bonds is 10. The summed E-state index contributed by atoms with van der Waals surface area (Å²) in [7, 11) is 0. The van der Waals surface area contributed by atoms with Crippen LogP contribution in [-0.2, 0) is 6.54 Å². The molecule has 3 aromatic carbocycles. The molecule has 1 aliphatic rings. The number of unbranched alkanes of at least 4 members (excludes halogenated alkanes) is 1. The fourth-order valence-electron chi connectivity index (χ4n) is 5.06. The van der Waals surface area contributed by atoms with Crippen molar-refractivity contribution in [1.82, 2.24) is 19.8 Å². The molecule has 1 aromatic heterocycles. The number of likely N-dealkylation sites (tertiary alicyclic amines) is 1. The number of nitrogen functional groups attached to an aromatic ring is 1. The van der Waals surface area contributed by atoms with Gasteiger partial charge in [0.1, 0.15) is 5.82 Å². The van der Waals surface area contributed by atoms with Gasteiger partial charge >= 0.3 is 0 Å². The Bertz CT molecular complexity index is 1360. The van der Waals surface area contributed by atoms with Gasteiger partial charge in [-0.2, -0.15) is 0 Å². The van der Waals surface area contributed by atoms with Crippen molar-refractivity contribution in [2.45, 2.75) is 38.3 Å². The van der Waals surface area contributed by atoms with E-state index < -0.39 is 0 Å². The van der Waals surface area contributed by atoms with Crippen LogP contribution in [-0.4, -0.2) is 52.6 Å². The number of anilines is 2. The lowest BCUT2D eigenvalue weighted by Crippen LogP contribution is -2.40. The second-order valence-electron chi connectivity index (χ2n) is 9.95. The number of imidazole rings is 1. The van der Waals surface area contributed by atoms with Crippen molar-refractivity contribution >= 4 is 28.6 Å². The molecule has 0 aliphatic carbocycles. The number of hydrogen-bond acceptors (Lipinski definition) is 5. The lowest BCUT2D eigenvalue weighted by atomic mass is 10.0. The van der Waals surface area contributed by atoms with Crippen LogP contribution in [0.3, 0.4) is 0 Å². The number of nitrogens with zero attached hydrogens (tertiary/aromatic N) is 3. The van der Waals surface area contributed by atoms with Gasteiger partial charge in [-0.25, -0.2) is 9.37 Å². The highest BCUT2D eigenvalue weighted by Crippen LogP contribution is 2.24. The maximum absolute atomic E-state index is 13.4. The smallest absolute Gasteiger partial charge is 0.253 e. The number of nitrogens with one attached hydrogen (secondary N) is 2. The van der Waals surface area contributed by atoms with Crippen LogP contribution in [0.4, 0.5) is 16.0 Å². The van der Waals surface area contributed by atoms with E-state index in [1.54, 1.807) is 12.1 Å². The van der Waals surface area contributed by atoms with Crippen LogP contribution in [0.2, 0.25) is 0 Å². The highest BCUT2D eigenvalue weighted by Gasteiger charge is 2.21. The van der Waals surface area contributed by atoms with Gasteiger partial charge in [-0.15, -0.1) is 0 Å². The van der Waals surface area contributed by atoms with Crippen molar-refractivity contribution in [3.05, 3.63) is 89.7 Å². The molecule has 0 radical (unpaired) electrons. The number of carbonyl (C=O) groups is 1. The van der Waals surface area contributed by atoms with E-state index in [2.05, 4.69) is 26.2 Å². The van der Waals surface area contributed by atoms with Crippen LogP contribution in [0.1, 0.15) is 41.6 Å². The van der Waals surface area contributed by atoms with E-state index in [4.69, 9.17) is 10.7 Å². The molecule has 1 amide bonds. The Morgan fingerprint density at radius 1 is 0.974 bits per heavy atom. The number of piperidine rings is 1. The minimum atomic E-state index is -0.225. The Balaban J connectivity index is 1.09. The van der Waals surface area contributed by atoms with Gasteiger partial charge in [-0.1, -0.05) is 36.4 Å². The number of benzene rings is 3. The SMILES string of the molecule is Nc1ccccc1C(=O)NCCCCN1CCC(Nc2nc3ccccc3n2Cc2ccc(F)cc2)CC1. The molecule has 2 heterocycles. The first kappa shape index (κ1) is 25.7. The molecule has 198 valence electrons. The summed E-state index contributed by atoms with van der Waals surface area (Å²) in [6.45, 7) is 4.37. The zero-order valence-corrected chi connectivity index (χ0v) is 21.6. The average molecular weight is 515 g/mol. The molecular weight excluding hydrogens is 479 g/mol. The van der Waals surface area contributed by atoms with Crippen LogP contribution in [0.15, 0.2) is 72.8 Å². The van der Waals surface area contributed by atoms with Gasteiger partial charge in [0.05, 0.1) is 23.1 Å². The first-order valence-corrected chi connectivity index (χ1v) is 13.4. The number of hydrogen-bond donors (Lipinski definition) is 3. The van der Waals surface area contributed by atoms with Gasteiger partial charge in [0.2, 0.25) is 5.95 Å². The average Bonchev–Trinajstić information content (AvgIpc) is 3.27. The topological polar surface area (TPSA) is 88.2 Å². The second kappa shape index (κ2) is 12.1. The highest BCUT2D eigenvalue weighted by molar-refractivity contribution is 5.99. The van der Waals surface area contributed by atoms with Gasteiger partial charge in [-0.3, -0.25) is 4.79 Å². The quantitative estimate of drug-likeness (QED) is 0.207. The van der Waals surface area contributed by atoms with E-state index in [-0.39, 0.29) is 11.7 Å². The number of carbonyl (C=O) groups excluding carboxylic acids is 1. The number of amides is 1. The Morgan fingerprint density at radius 2 is 1.71 bits per heavy atom. The zero-order chi connectivity index (χ0) is 26.3. The van der Waals surface area contributed by atoms with Crippen LogP contribution in [0.5, 0.6) is 0 Å². The number of aromatic nitrogens is 2. The van der Waals surface area contributed by atoms with Crippen molar-refractivity contribution in [3.8, 4) is 0 Å². The molecule has 4 aromatic rings. The van der Waals surface area contributed by atoms with Crippen molar-refractivity contribution in [2.75, 3.05) is 37.2 Å². The van der Waals surface area contributed by atoms with Gasteiger partial charge < -0.3 is 25.8 Å². The van der Waals surface area contributed by atoms with Crippen LogP contribution >= 0.6 is 0 Å². The Morgan fingerprint density at radius 3 is 2.50 bits per heavy atom. The summed E-state index contributed by atoms with van der Waals surface area (Å²) in [5.41, 5.74) is 9.99. The predicted octanol–water partition coefficient (Wildman–Crippen LogP) is 4.89. The summed E-state index contributed by atoms with van der Waals surface area (Å²) in [6.07, 6.45) is 4.06. The normalized spacial score (nSPS) is 14.6. The largest absolute Gasteiger partial charge is 0.398 e. The third-order valence-electron chi connectivity index (χ3n) is 7.22. The molecule has 5 rings (SSSR count). The van der Waals surface area contributed by atoms with Crippen LogP contribution < -0.4 is 16.4 Å². The van der Waals surface area contributed by atoms with E-state index in [0.29, 0.717) is 30.4 Å². The Hall–Kier alpha value is -3.91. The number of halogens is 1. The standard InChI is InChI=1S/C30H35FN6O/c31-23-13-11-22(12-14-23)21-37-28-10-4-3-9-27(28)35-30(37)34-24-15-19-36(20-16-24)18-6-5-17-33-29(38)25-7-1-2-8-26(25)32/h1-4,7-14,24H,5-6,15-21,32H2,(H,33,38)(H,34,35). The van der Waals surface area contributed by atoms with Gasteiger partial charge in [-0.05, 0) is 74.2 Å². The lowest BCUT2D eigenvalue weighted by Gasteiger charge is -2.32. The molecule has 0 bridgehead atoms. The maximum atomic E-state index is 13.4. The summed E-state index contributed by atoms with van der Waals surface area (Å²) < 4.78 is 15.6. The molecule has 8 heteroatoms. The monoisotopic (exact) mass is 514 g/mol. The molecule has 4 N–H and O–H groups in total. The zero-order valence-electron chi connectivity index (χ0n) is 21.6. The number of nitrogens with two attached hydrogens (primary N) is 1. The minimum Gasteiger partial charge on any atom is -0.398 e. The minimum absolute atomic E-state index is 0.111. The molecule has 1 saturated heterocycles. The molecule has 0 atom stereocenters. The summed E-state index contributed by atoms with van der Waals surface area (Å²) in [6, 6.07) is 22.3. The van der Waals surface area contributed by atoms with E-state index in [9.17, 15) is 9.18 Å². The number of fused-ring (bicyclic) bond motifs is 1. The molecule has 1 aliphatic heterocycles. The fourth-order valence-corrected chi connectivity index (χ4v) is 5.06. The van der Waals surface area contributed by atoms with Crippen LogP contribution in [0.25, 0.3) is 11.0 Å². The van der Waals surface area contributed by atoms with E-state index in [1.807, 2.05) is 42.5 Å².